The van der Waals surface area contributed by atoms with Gasteiger partial charge in [0, 0.05) is 32.2 Å². The van der Waals surface area contributed by atoms with Gasteiger partial charge in [0.2, 0.25) is 0 Å². The van der Waals surface area contributed by atoms with Gasteiger partial charge in [-0.15, -0.1) is 0 Å². The molecular formula is C11H23NO3. The van der Waals surface area contributed by atoms with Gasteiger partial charge in [-0.05, 0) is 20.4 Å². The summed E-state index contributed by atoms with van der Waals surface area (Å²) in [5.41, 5.74) is 0. The second-order valence-electron chi connectivity index (χ2n) is 4.43. The number of hydrogen-bond acceptors (Lipinski definition) is 4. The smallest absolute Gasteiger partial charge is 0.0718 e. The molecule has 0 radical (unpaired) electrons. The van der Waals surface area contributed by atoms with Crippen LogP contribution >= 0.6 is 0 Å². The van der Waals surface area contributed by atoms with Gasteiger partial charge in [0.05, 0.1) is 19.3 Å². The van der Waals surface area contributed by atoms with Gasteiger partial charge in [0.25, 0.3) is 0 Å². The fourth-order valence-corrected chi connectivity index (χ4v) is 1.85. The molecule has 1 heterocycles. The molecule has 15 heavy (non-hydrogen) atoms. The molecule has 0 bridgehead atoms. The molecule has 0 aromatic heterocycles. The minimum Gasteiger partial charge on any atom is -0.391 e. The summed E-state index contributed by atoms with van der Waals surface area (Å²) >= 11 is 0. The van der Waals surface area contributed by atoms with Crippen LogP contribution in [0.2, 0.25) is 0 Å². The van der Waals surface area contributed by atoms with Crippen LogP contribution in [0.3, 0.4) is 0 Å². The molecule has 1 rings (SSSR count). The van der Waals surface area contributed by atoms with E-state index in [9.17, 15) is 5.11 Å². The Balaban J connectivity index is 2.26. The molecule has 1 fully saturated rings. The lowest BCUT2D eigenvalue weighted by atomic mass is 10.0. The van der Waals surface area contributed by atoms with Gasteiger partial charge < -0.3 is 14.6 Å². The molecule has 1 saturated heterocycles. The molecule has 1 aliphatic heterocycles. The van der Waals surface area contributed by atoms with Crippen molar-refractivity contribution in [3.63, 3.8) is 0 Å². The SMILES string of the molecule is COCC(C)N(C)CC(O)C1CCOC1. The zero-order valence-electron chi connectivity index (χ0n) is 9.98. The number of nitrogens with zero attached hydrogens (tertiary/aromatic N) is 1. The van der Waals surface area contributed by atoms with Crippen LogP contribution in [-0.2, 0) is 9.47 Å². The molecule has 4 heteroatoms. The van der Waals surface area contributed by atoms with Crippen molar-refractivity contribution >= 4 is 0 Å². The quantitative estimate of drug-likeness (QED) is 0.697. The number of hydrogen-bond donors (Lipinski definition) is 1. The maximum atomic E-state index is 9.97. The van der Waals surface area contributed by atoms with Crippen LogP contribution in [0.1, 0.15) is 13.3 Å². The molecule has 0 spiro atoms. The first-order valence-electron chi connectivity index (χ1n) is 5.60. The van der Waals surface area contributed by atoms with Crippen LogP contribution < -0.4 is 0 Å². The van der Waals surface area contributed by atoms with Gasteiger partial charge >= 0.3 is 0 Å². The van der Waals surface area contributed by atoms with Gasteiger partial charge in [-0.2, -0.15) is 0 Å². The summed E-state index contributed by atoms with van der Waals surface area (Å²) in [5.74, 6) is 0.308. The van der Waals surface area contributed by atoms with E-state index in [1.165, 1.54) is 0 Å². The largest absolute Gasteiger partial charge is 0.391 e. The highest BCUT2D eigenvalue weighted by molar-refractivity contribution is 4.76. The molecule has 3 atom stereocenters. The zero-order chi connectivity index (χ0) is 11.3. The predicted molar refractivity (Wildman–Crippen MR) is 58.9 cm³/mol. The first-order valence-corrected chi connectivity index (χ1v) is 5.60. The van der Waals surface area contributed by atoms with Crippen molar-refractivity contribution < 1.29 is 14.6 Å². The van der Waals surface area contributed by atoms with Crippen molar-refractivity contribution in [1.29, 1.82) is 0 Å². The number of ether oxygens (including phenoxy) is 2. The Morgan fingerprint density at radius 2 is 2.33 bits per heavy atom. The summed E-state index contributed by atoms with van der Waals surface area (Å²) in [6.45, 7) is 4.98. The summed E-state index contributed by atoms with van der Waals surface area (Å²) in [5, 5.41) is 9.97. The summed E-state index contributed by atoms with van der Waals surface area (Å²) in [6.07, 6.45) is 0.699. The van der Waals surface area contributed by atoms with Gasteiger partial charge in [-0.25, -0.2) is 0 Å². The molecule has 90 valence electrons. The Morgan fingerprint density at radius 1 is 1.60 bits per heavy atom. The van der Waals surface area contributed by atoms with E-state index in [0.29, 0.717) is 31.7 Å². The minimum atomic E-state index is -0.281. The molecule has 1 aliphatic rings. The molecular weight excluding hydrogens is 194 g/mol. The van der Waals surface area contributed by atoms with Gasteiger partial charge in [0.15, 0.2) is 0 Å². The molecule has 3 unspecified atom stereocenters. The van der Waals surface area contributed by atoms with E-state index >= 15 is 0 Å². The van der Waals surface area contributed by atoms with Crippen molar-refractivity contribution in [3.05, 3.63) is 0 Å². The van der Waals surface area contributed by atoms with E-state index in [-0.39, 0.29) is 6.10 Å². The van der Waals surface area contributed by atoms with E-state index < -0.39 is 0 Å². The Hall–Kier alpha value is -0.160. The van der Waals surface area contributed by atoms with E-state index in [0.717, 1.165) is 13.0 Å². The predicted octanol–water partition coefficient (Wildman–Crippen LogP) is 0.350. The standard InChI is InChI=1S/C11H23NO3/c1-9(7-14-3)12(2)6-11(13)10-4-5-15-8-10/h9-11,13H,4-8H2,1-3H3. The highest BCUT2D eigenvalue weighted by Crippen LogP contribution is 2.17. The Bertz CT molecular complexity index is 171. The number of rotatable bonds is 6. The highest BCUT2D eigenvalue weighted by atomic mass is 16.5. The molecule has 0 saturated carbocycles. The Kier molecular flexibility index (Phi) is 5.53. The van der Waals surface area contributed by atoms with Crippen LogP contribution in [0.5, 0.6) is 0 Å². The summed E-state index contributed by atoms with van der Waals surface area (Å²) in [6, 6.07) is 0.340. The van der Waals surface area contributed by atoms with E-state index in [2.05, 4.69) is 11.8 Å². The highest BCUT2D eigenvalue weighted by Gasteiger charge is 2.25. The number of likely N-dealkylation sites (N-methyl/N-ethyl adjacent to an activating group) is 1. The van der Waals surface area contributed by atoms with Gasteiger partial charge in [-0.3, -0.25) is 4.90 Å². The van der Waals surface area contributed by atoms with Crippen LogP contribution in [0, 0.1) is 5.92 Å². The summed E-state index contributed by atoms with van der Waals surface area (Å²) < 4.78 is 10.3. The normalized spacial score (nSPS) is 25.8. The second kappa shape index (κ2) is 6.43. The summed E-state index contributed by atoms with van der Waals surface area (Å²) in [7, 11) is 3.72. The minimum absolute atomic E-state index is 0.281. The topological polar surface area (TPSA) is 41.9 Å². The number of methoxy groups -OCH3 is 1. The zero-order valence-corrected chi connectivity index (χ0v) is 9.98. The fourth-order valence-electron chi connectivity index (χ4n) is 1.85. The van der Waals surface area contributed by atoms with E-state index in [1.54, 1.807) is 7.11 Å². The van der Waals surface area contributed by atoms with Crippen molar-refractivity contribution in [2.24, 2.45) is 5.92 Å². The van der Waals surface area contributed by atoms with Crippen LogP contribution in [0.4, 0.5) is 0 Å². The second-order valence-corrected chi connectivity index (χ2v) is 4.43. The average Bonchev–Trinajstić information content (AvgIpc) is 2.70. The summed E-state index contributed by atoms with van der Waals surface area (Å²) in [4.78, 5) is 2.13. The first kappa shape index (κ1) is 12.9. The Morgan fingerprint density at radius 3 is 2.87 bits per heavy atom. The van der Waals surface area contributed by atoms with Gasteiger partial charge in [0.1, 0.15) is 0 Å². The molecule has 0 aliphatic carbocycles. The van der Waals surface area contributed by atoms with Gasteiger partial charge in [-0.1, -0.05) is 0 Å². The Labute approximate surface area is 92.2 Å². The first-order chi connectivity index (χ1) is 7.15. The molecule has 1 N–H and O–H groups in total. The lowest BCUT2D eigenvalue weighted by molar-refractivity contribution is 0.0374. The maximum Gasteiger partial charge on any atom is 0.0718 e. The number of aliphatic hydroxyl groups excluding tert-OH is 1. The molecule has 0 aromatic rings. The third-order valence-corrected chi connectivity index (χ3v) is 3.14. The number of aliphatic hydroxyl groups is 1. The molecule has 0 amide bonds. The molecule has 0 aromatic carbocycles. The lowest BCUT2D eigenvalue weighted by Crippen LogP contribution is -2.41. The monoisotopic (exact) mass is 217 g/mol. The van der Waals surface area contributed by atoms with Crippen LogP contribution in [-0.4, -0.2) is 62.7 Å². The molecule has 4 nitrogen and oxygen atoms in total. The average molecular weight is 217 g/mol. The van der Waals surface area contributed by atoms with E-state index in [4.69, 9.17) is 9.47 Å². The van der Waals surface area contributed by atoms with E-state index in [1.807, 2.05) is 7.05 Å². The van der Waals surface area contributed by atoms with Crippen molar-refractivity contribution in [2.45, 2.75) is 25.5 Å². The fraction of sp³-hybridized carbons (Fsp3) is 1.00. The van der Waals surface area contributed by atoms with Crippen molar-refractivity contribution in [2.75, 3.05) is 40.5 Å². The third kappa shape index (κ3) is 4.07. The third-order valence-electron chi connectivity index (χ3n) is 3.14. The van der Waals surface area contributed by atoms with Crippen molar-refractivity contribution in [1.82, 2.24) is 4.90 Å². The van der Waals surface area contributed by atoms with Crippen LogP contribution in [0.25, 0.3) is 0 Å². The lowest BCUT2D eigenvalue weighted by Gasteiger charge is -2.28. The van der Waals surface area contributed by atoms with Crippen molar-refractivity contribution in [3.8, 4) is 0 Å². The maximum absolute atomic E-state index is 9.97. The van der Waals surface area contributed by atoms with Crippen LogP contribution in [0.15, 0.2) is 0 Å².